The Hall–Kier alpha value is -1.80. The van der Waals surface area contributed by atoms with E-state index in [0.717, 1.165) is 12.5 Å². The summed E-state index contributed by atoms with van der Waals surface area (Å²) in [4.78, 5) is 2.42. The Kier molecular flexibility index (Phi) is 4.56. The van der Waals surface area contributed by atoms with Crippen molar-refractivity contribution < 1.29 is 0 Å². The second-order valence-corrected chi connectivity index (χ2v) is 6.07. The first-order valence-electron chi connectivity index (χ1n) is 7.89. The van der Waals surface area contributed by atoms with E-state index >= 15 is 0 Å². The van der Waals surface area contributed by atoms with E-state index in [9.17, 15) is 0 Å². The predicted molar refractivity (Wildman–Crippen MR) is 90.6 cm³/mol. The number of piperidine rings is 1. The fraction of sp³-hybridized carbons (Fsp3) is 0.368. The number of nitrogens with zero attached hydrogens (tertiary/aromatic N) is 1. The maximum absolute atomic E-state index is 3.59. The largest absolute Gasteiger partial charge is 0.385 e. The average molecular weight is 280 g/mol. The minimum Gasteiger partial charge on any atom is -0.385 e. The lowest BCUT2D eigenvalue weighted by Gasteiger charge is -2.29. The first kappa shape index (κ1) is 14.2. The summed E-state index contributed by atoms with van der Waals surface area (Å²) in [5.74, 6) is 0.815. The fourth-order valence-electron chi connectivity index (χ4n) is 2.94. The van der Waals surface area contributed by atoms with E-state index in [-0.39, 0.29) is 0 Å². The summed E-state index contributed by atoms with van der Waals surface area (Å²) < 4.78 is 0. The Morgan fingerprint density at radius 1 is 0.905 bits per heavy atom. The van der Waals surface area contributed by atoms with E-state index in [1.54, 1.807) is 0 Å². The summed E-state index contributed by atoms with van der Waals surface area (Å²) in [7, 11) is 2.21. The lowest BCUT2D eigenvalue weighted by Crippen LogP contribution is -2.32. The Balaban J connectivity index is 1.55. The maximum atomic E-state index is 3.59. The maximum Gasteiger partial charge on any atom is 0.0340 e. The predicted octanol–water partition coefficient (Wildman–Crippen LogP) is 4.11. The molecule has 0 aliphatic carbocycles. The molecule has 0 unspecified atom stereocenters. The van der Waals surface area contributed by atoms with E-state index < -0.39 is 0 Å². The zero-order valence-electron chi connectivity index (χ0n) is 12.8. The smallest absolute Gasteiger partial charge is 0.0340 e. The topological polar surface area (TPSA) is 15.3 Å². The van der Waals surface area contributed by atoms with Crippen molar-refractivity contribution in [3.8, 4) is 11.1 Å². The molecule has 1 aliphatic heterocycles. The van der Waals surface area contributed by atoms with Crippen LogP contribution in [-0.4, -0.2) is 31.6 Å². The van der Waals surface area contributed by atoms with Crippen molar-refractivity contribution >= 4 is 5.69 Å². The molecule has 0 bridgehead atoms. The highest BCUT2D eigenvalue weighted by Gasteiger charge is 2.15. The number of anilines is 1. The molecule has 1 saturated heterocycles. The molecule has 3 rings (SSSR count). The van der Waals surface area contributed by atoms with Gasteiger partial charge in [0.05, 0.1) is 0 Å². The van der Waals surface area contributed by atoms with Crippen molar-refractivity contribution in [3.63, 3.8) is 0 Å². The monoisotopic (exact) mass is 280 g/mol. The van der Waals surface area contributed by atoms with Crippen LogP contribution in [0.4, 0.5) is 5.69 Å². The SMILES string of the molecule is CN1CCC(CNc2ccc(-c3ccccc3)cc2)CC1. The standard InChI is InChI=1S/C19H24N2/c1-21-13-11-16(12-14-21)15-20-19-9-7-18(8-10-19)17-5-3-2-4-6-17/h2-10,16,20H,11-15H2,1H3. The van der Waals surface area contributed by atoms with Gasteiger partial charge in [-0.05, 0) is 62.2 Å². The molecule has 1 fully saturated rings. The highest BCUT2D eigenvalue weighted by molar-refractivity contribution is 5.65. The summed E-state index contributed by atoms with van der Waals surface area (Å²) in [6, 6.07) is 19.3. The summed E-state index contributed by atoms with van der Waals surface area (Å²) in [5.41, 5.74) is 3.79. The van der Waals surface area contributed by atoms with Crippen LogP contribution in [0.5, 0.6) is 0 Å². The van der Waals surface area contributed by atoms with Crippen LogP contribution in [0.3, 0.4) is 0 Å². The van der Waals surface area contributed by atoms with Crippen LogP contribution in [0, 0.1) is 5.92 Å². The van der Waals surface area contributed by atoms with Crippen LogP contribution in [0.1, 0.15) is 12.8 Å². The van der Waals surface area contributed by atoms with Gasteiger partial charge in [-0.1, -0.05) is 42.5 Å². The van der Waals surface area contributed by atoms with Crippen LogP contribution in [0.2, 0.25) is 0 Å². The molecule has 1 aliphatic rings. The highest BCUT2D eigenvalue weighted by atomic mass is 15.1. The Bertz CT molecular complexity index is 540. The third kappa shape index (κ3) is 3.85. The molecular weight excluding hydrogens is 256 g/mol. The quantitative estimate of drug-likeness (QED) is 0.906. The van der Waals surface area contributed by atoms with Crippen molar-refractivity contribution in [2.75, 3.05) is 32.0 Å². The van der Waals surface area contributed by atoms with Gasteiger partial charge in [0.25, 0.3) is 0 Å². The van der Waals surface area contributed by atoms with E-state index in [1.807, 2.05) is 0 Å². The van der Waals surface area contributed by atoms with Gasteiger partial charge < -0.3 is 10.2 Å². The first-order chi connectivity index (χ1) is 10.3. The third-order valence-corrected chi connectivity index (χ3v) is 4.43. The molecule has 1 heterocycles. The normalized spacial score (nSPS) is 16.8. The molecule has 110 valence electrons. The highest BCUT2D eigenvalue weighted by Crippen LogP contribution is 2.22. The molecule has 0 aromatic heterocycles. The number of likely N-dealkylation sites (tertiary alicyclic amines) is 1. The summed E-state index contributed by atoms with van der Waals surface area (Å²) in [5, 5.41) is 3.59. The number of hydrogen-bond acceptors (Lipinski definition) is 2. The van der Waals surface area contributed by atoms with E-state index in [2.05, 4.69) is 71.9 Å². The van der Waals surface area contributed by atoms with Crippen LogP contribution < -0.4 is 5.32 Å². The number of rotatable bonds is 4. The molecule has 21 heavy (non-hydrogen) atoms. The minimum absolute atomic E-state index is 0.815. The van der Waals surface area contributed by atoms with E-state index in [1.165, 1.54) is 42.7 Å². The van der Waals surface area contributed by atoms with Gasteiger partial charge in [-0.3, -0.25) is 0 Å². The molecule has 0 saturated carbocycles. The van der Waals surface area contributed by atoms with Gasteiger partial charge >= 0.3 is 0 Å². The van der Waals surface area contributed by atoms with Gasteiger partial charge in [0.15, 0.2) is 0 Å². The van der Waals surface area contributed by atoms with Crippen LogP contribution in [-0.2, 0) is 0 Å². The average Bonchev–Trinajstić information content (AvgIpc) is 2.56. The molecule has 2 heteroatoms. The number of hydrogen-bond donors (Lipinski definition) is 1. The number of nitrogens with one attached hydrogen (secondary N) is 1. The van der Waals surface area contributed by atoms with Gasteiger partial charge in [-0.2, -0.15) is 0 Å². The van der Waals surface area contributed by atoms with Gasteiger partial charge in [-0.25, -0.2) is 0 Å². The molecule has 0 amide bonds. The third-order valence-electron chi connectivity index (χ3n) is 4.43. The fourth-order valence-corrected chi connectivity index (χ4v) is 2.94. The van der Waals surface area contributed by atoms with Crippen LogP contribution in [0.25, 0.3) is 11.1 Å². The second-order valence-electron chi connectivity index (χ2n) is 6.07. The van der Waals surface area contributed by atoms with Gasteiger partial charge in [-0.15, -0.1) is 0 Å². The first-order valence-corrected chi connectivity index (χ1v) is 7.89. The molecule has 2 aromatic rings. The summed E-state index contributed by atoms with van der Waals surface area (Å²) in [6.07, 6.45) is 2.62. The lowest BCUT2D eigenvalue weighted by atomic mass is 9.97. The molecular formula is C19H24N2. The van der Waals surface area contributed by atoms with Crippen LogP contribution in [0.15, 0.2) is 54.6 Å². The molecule has 0 spiro atoms. The summed E-state index contributed by atoms with van der Waals surface area (Å²) >= 11 is 0. The Labute approximate surface area is 127 Å². The second kappa shape index (κ2) is 6.77. The lowest BCUT2D eigenvalue weighted by molar-refractivity contribution is 0.226. The van der Waals surface area contributed by atoms with E-state index in [4.69, 9.17) is 0 Å². The molecule has 1 N–H and O–H groups in total. The van der Waals surface area contributed by atoms with Crippen molar-refractivity contribution in [1.82, 2.24) is 4.90 Å². The minimum atomic E-state index is 0.815. The van der Waals surface area contributed by atoms with Gasteiger partial charge in [0.2, 0.25) is 0 Å². The molecule has 0 atom stereocenters. The van der Waals surface area contributed by atoms with Gasteiger partial charge in [0, 0.05) is 12.2 Å². The van der Waals surface area contributed by atoms with Crippen molar-refractivity contribution in [2.45, 2.75) is 12.8 Å². The molecule has 2 aromatic carbocycles. The number of benzene rings is 2. The van der Waals surface area contributed by atoms with Crippen molar-refractivity contribution in [3.05, 3.63) is 54.6 Å². The molecule has 2 nitrogen and oxygen atoms in total. The molecule has 0 radical (unpaired) electrons. The zero-order chi connectivity index (χ0) is 14.5. The van der Waals surface area contributed by atoms with E-state index in [0.29, 0.717) is 0 Å². The Morgan fingerprint density at radius 2 is 1.52 bits per heavy atom. The zero-order valence-corrected chi connectivity index (χ0v) is 12.8. The summed E-state index contributed by atoms with van der Waals surface area (Å²) in [6.45, 7) is 3.57. The van der Waals surface area contributed by atoms with Crippen molar-refractivity contribution in [1.29, 1.82) is 0 Å². The van der Waals surface area contributed by atoms with Crippen LogP contribution >= 0.6 is 0 Å². The van der Waals surface area contributed by atoms with Gasteiger partial charge in [0.1, 0.15) is 0 Å². The Morgan fingerprint density at radius 3 is 2.19 bits per heavy atom. The van der Waals surface area contributed by atoms with Crippen molar-refractivity contribution in [2.24, 2.45) is 5.92 Å².